The fourth-order valence-corrected chi connectivity index (χ4v) is 1.02. The van der Waals surface area contributed by atoms with Crippen molar-refractivity contribution >= 4 is 9.69 Å². The Balaban J connectivity index is 0.00000121. The maximum atomic E-state index is 12.1. The third-order valence-electron chi connectivity index (χ3n) is 1.65. The van der Waals surface area contributed by atoms with Crippen molar-refractivity contribution in [1.29, 1.82) is 0 Å². The number of rotatable bonds is 0. The molecular formula is C9H5ClF6Zn. The molecule has 1 aromatic carbocycles. The van der Waals surface area contributed by atoms with E-state index >= 15 is 0 Å². The summed E-state index contributed by atoms with van der Waals surface area (Å²) >= 11 is 0.847. The van der Waals surface area contributed by atoms with E-state index in [-0.39, 0.29) is 11.6 Å². The normalized spacial score (nSPS) is 11.8. The van der Waals surface area contributed by atoms with Gasteiger partial charge in [0.25, 0.3) is 0 Å². The van der Waals surface area contributed by atoms with Gasteiger partial charge in [-0.25, -0.2) is 0 Å². The molecule has 1 aromatic rings. The zero-order valence-electron chi connectivity index (χ0n) is 8.29. The van der Waals surface area contributed by atoms with Gasteiger partial charge in [0.1, 0.15) is 0 Å². The number of benzene rings is 1. The van der Waals surface area contributed by atoms with Crippen molar-refractivity contribution in [3.63, 3.8) is 0 Å². The second-order valence-corrected chi connectivity index (χ2v) is 2.91. The fraction of sp³-hybridized carbons (Fsp3) is 0.222. The van der Waals surface area contributed by atoms with E-state index in [2.05, 4.69) is 6.92 Å². The van der Waals surface area contributed by atoms with Crippen LogP contribution in [-0.4, -0.2) is 0 Å². The van der Waals surface area contributed by atoms with E-state index < -0.39 is 23.5 Å². The molecular weight excluding hydrogens is 323 g/mol. The van der Waals surface area contributed by atoms with E-state index in [4.69, 9.17) is 9.69 Å². The Kier molecular flexibility index (Phi) is 5.81. The molecule has 0 saturated carbocycles. The Labute approximate surface area is 108 Å². The Hall–Kier alpha value is -0.417. The molecule has 1 rings (SSSR count). The molecule has 0 nitrogen and oxygen atoms in total. The van der Waals surface area contributed by atoms with Crippen LogP contribution in [0, 0.1) is 6.92 Å². The first-order valence-corrected chi connectivity index (χ1v) is 7.89. The molecule has 0 spiro atoms. The Bertz CT molecular complexity index is 338. The molecule has 0 unspecified atom stereocenters. The van der Waals surface area contributed by atoms with Gasteiger partial charge in [-0.3, -0.25) is 0 Å². The molecule has 0 bridgehead atoms. The molecule has 0 heterocycles. The van der Waals surface area contributed by atoms with E-state index in [1.165, 1.54) is 0 Å². The van der Waals surface area contributed by atoms with E-state index in [0.29, 0.717) is 12.1 Å². The second-order valence-electron chi connectivity index (χ2n) is 2.91. The standard InChI is InChI=1S/C9H5F6.ClH.Zn/c1-5-2-6(8(10,11)12)4-7(3-5)9(13,14)15;;/h2-4H,1H2;1H;/q-1;;+2/p-1. The minimum atomic E-state index is -4.80. The van der Waals surface area contributed by atoms with Gasteiger partial charge in [0.15, 0.2) is 0 Å². The molecule has 0 saturated heterocycles. The van der Waals surface area contributed by atoms with Crippen LogP contribution in [0.1, 0.15) is 16.7 Å². The molecule has 0 fully saturated rings. The molecule has 0 aliphatic rings. The van der Waals surface area contributed by atoms with Crippen LogP contribution >= 0.6 is 9.69 Å². The van der Waals surface area contributed by atoms with Crippen molar-refractivity contribution in [2.45, 2.75) is 12.4 Å². The van der Waals surface area contributed by atoms with Crippen molar-refractivity contribution in [2.75, 3.05) is 0 Å². The van der Waals surface area contributed by atoms with E-state index in [9.17, 15) is 26.3 Å². The zero-order chi connectivity index (χ0) is 13.9. The number of alkyl halides is 6. The van der Waals surface area contributed by atoms with Gasteiger partial charge in [0, 0.05) is 11.1 Å². The molecule has 0 amide bonds. The third-order valence-corrected chi connectivity index (χ3v) is 1.65. The molecule has 0 atom stereocenters. The van der Waals surface area contributed by atoms with Gasteiger partial charge in [-0.15, -0.1) is 0 Å². The number of hydrogen-bond acceptors (Lipinski definition) is 0. The predicted molar refractivity (Wildman–Crippen MR) is 46.8 cm³/mol. The van der Waals surface area contributed by atoms with Gasteiger partial charge >= 0.3 is 39.4 Å². The van der Waals surface area contributed by atoms with Crippen LogP contribution in [0.4, 0.5) is 26.3 Å². The molecule has 0 aromatic heterocycles. The van der Waals surface area contributed by atoms with Crippen LogP contribution in [-0.2, 0) is 29.7 Å². The van der Waals surface area contributed by atoms with Crippen molar-refractivity contribution in [2.24, 2.45) is 0 Å². The van der Waals surface area contributed by atoms with Crippen LogP contribution < -0.4 is 0 Å². The minimum absolute atomic E-state index is 0.0642. The summed E-state index contributed by atoms with van der Waals surface area (Å²) in [4.78, 5) is 0. The van der Waals surface area contributed by atoms with E-state index in [1.54, 1.807) is 0 Å². The second kappa shape index (κ2) is 5.96. The third kappa shape index (κ3) is 5.17. The molecule has 0 N–H and O–H groups in total. The van der Waals surface area contributed by atoms with Gasteiger partial charge in [-0.2, -0.15) is 51.0 Å². The van der Waals surface area contributed by atoms with Gasteiger partial charge in [-0.05, 0) is 0 Å². The van der Waals surface area contributed by atoms with Crippen molar-refractivity contribution in [3.05, 3.63) is 41.8 Å². The van der Waals surface area contributed by atoms with Crippen LogP contribution in [0.3, 0.4) is 0 Å². The molecule has 0 aliphatic carbocycles. The first-order chi connectivity index (χ1) is 7.60. The molecule has 8 heteroatoms. The summed E-state index contributed by atoms with van der Waals surface area (Å²) in [5.74, 6) is 0. The van der Waals surface area contributed by atoms with E-state index in [1.807, 2.05) is 0 Å². The monoisotopic (exact) mass is 326 g/mol. The van der Waals surface area contributed by atoms with E-state index in [0.717, 1.165) is 17.3 Å². The number of hydrogen-bond donors (Lipinski definition) is 0. The van der Waals surface area contributed by atoms with Gasteiger partial charge < -0.3 is 0 Å². The van der Waals surface area contributed by atoms with Crippen LogP contribution in [0.15, 0.2) is 18.2 Å². The average molecular weight is 328 g/mol. The summed E-state index contributed by atoms with van der Waals surface area (Å²) in [6, 6.07) is 1.19. The van der Waals surface area contributed by atoms with Crippen LogP contribution in [0.5, 0.6) is 0 Å². The Morgan fingerprint density at radius 3 is 1.35 bits per heavy atom. The average Bonchev–Trinajstić information content (AvgIpc) is 2.17. The zero-order valence-corrected chi connectivity index (χ0v) is 12.0. The fourth-order valence-electron chi connectivity index (χ4n) is 1.02. The summed E-state index contributed by atoms with van der Waals surface area (Å²) in [5, 5.41) is 0. The van der Waals surface area contributed by atoms with Crippen LogP contribution in [0.25, 0.3) is 0 Å². The quantitative estimate of drug-likeness (QED) is 0.371. The SMILES string of the molecule is [CH2-]c1cc(C(F)(F)F)cc(C(F)(F)F)c1.[Cl][Zn+]. The predicted octanol–water partition coefficient (Wildman–Crippen LogP) is 4.59. The van der Waals surface area contributed by atoms with Gasteiger partial charge in [0.05, 0.1) is 0 Å². The summed E-state index contributed by atoms with van der Waals surface area (Å²) in [6.45, 7) is 3.07. The molecule has 0 radical (unpaired) electrons. The summed E-state index contributed by atoms with van der Waals surface area (Å²) in [6.07, 6.45) is -9.60. The summed E-state index contributed by atoms with van der Waals surface area (Å²) in [5.41, 5.74) is -3.01. The number of halogens is 7. The first-order valence-electron chi connectivity index (χ1n) is 3.99. The van der Waals surface area contributed by atoms with Gasteiger partial charge in [-0.1, -0.05) is 6.07 Å². The van der Waals surface area contributed by atoms with Crippen molar-refractivity contribution < 1.29 is 43.7 Å². The van der Waals surface area contributed by atoms with Gasteiger partial charge in [0.2, 0.25) is 0 Å². The molecule has 92 valence electrons. The summed E-state index contributed by atoms with van der Waals surface area (Å²) in [7, 11) is 4.76. The van der Waals surface area contributed by atoms with Crippen LogP contribution in [0.2, 0.25) is 0 Å². The summed E-state index contributed by atoms with van der Waals surface area (Å²) < 4.78 is 72.8. The van der Waals surface area contributed by atoms with Crippen molar-refractivity contribution in [1.82, 2.24) is 0 Å². The maximum absolute atomic E-state index is 12.1. The Morgan fingerprint density at radius 1 is 0.824 bits per heavy atom. The first kappa shape index (κ1) is 16.6. The molecule has 17 heavy (non-hydrogen) atoms. The Morgan fingerprint density at radius 2 is 1.12 bits per heavy atom. The molecule has 0 aliphatic heterocycles. The topological polar surface area (TPSA) is 0 Å². The van der Waals surface area contributed by atoms with Crippen molar-refractivity contribution in [3.8, 4) is 0 Å².